The molecule has 34 heavy (non-hydrogen) atoms. The van der Waals surface area contributed by atoms with E-state index in [1.54, 1.807) is 19.9 Å². The number of carbonyl (C=O) groups excluding carboxylic acids is 3. The maximum Gasteiger partial charge on any atom is 0.311 e. The Morgan fingerprint density at radius 3 is 1.76 bits per heavy atom. The van der Waals surface area contributed by atoms with Gasteiger partial charge in [-0.05, 0) is 62.9 Å². The minimum absolute atomic E-state index is 0.0709. The normalized spacial score (nSPS) is 13.2. The molecule has 0 radical (unpaired) electrons. The van der Waals surface area contributed by atoms with E-state index >= 15 is 0 Å². The van der Waals surface area contributed by atoms with Crippen LogP contribution in [0, 0.1) is 23.7 Å². The van der Waals surface area contributed by atoms with Crippen molar-refractivity contribution in [2.45, 2.75) is 108 Å². The third-order valence-electron chi connectivity index (χ3n) is 5.28. The van der Waals surface area contributed by atoms with Gasteiger partial charge in [0.15, 0.2) is 17.3 Å². The summed E-state index contributed by atoms with van der Waals surface area (Å²) < 4.78 is 5.70. The van der Waals surface area contributed by atoms with Gasteiger partial charge in [-0.3, -0.25) is 14.4 Å². The molecule has 0 amide bonds. The molecule has 0 heterocycles. The van der Waals surface area contributed by atoms with Crippen molar-refractivity contribution in [1.29, 1.82) is 0 Å². The molecule has 0 aromatic rings. The molecule has 5 heteroatoms. The predicted octanol–water partition coefficient (Wildman–Crippen LogP) is 7.66. The van der Waals surface area contributed by atoms with E-state index in [1.807, 2.05) is 20.8 Å². The van der Waals surface area contributed by atoms with Crippen LogP contribution in [0.15, 0.2) is 34.3 Å². The van der Waals surface area contributed by atoms with Crippen LogP contribution >= 0.6 is 0 Å². The molecule has 194 valence electrons. The zero-order valence-corrected chi connectivity index (χ0v) is 23.2. The van der Waals surface area contributed by atoms with Crippen LogP contribution in [0.4, 0.5) is 0 Å². The fourth-order valence-electron chi connectivity index (χ4n) is 3.67. The first-order chi connectivity index (χ1) is 15.7. The second-order valence-corrected chi connectivity index (χ2v) is 10.8. The molecule has 0 aliphatic carbocycles. The molecular formula is C29H48O5. The molecule has 1 N–H and O–H groups in total. The molecule has 0 bridgehead atoms. The van der Waals surface area contributed by atoms with Crippen LogP contribution < -0.4 is 0 Å². The summed E-state index contributed by atoms with van der Waals surface area (Å²) in [6.45, 7) is 19.2. The molecule has 0 rings (SSSR count). The first-order valence-electron chi connectivity index (χ1n) is 12.8. The number of ketones is 2. The summed E-state index contributed by atoms with van der Waals surface area (Å²) in [5, 5.41) is 11.3. The second-order valence-electron chi connectivity index (χ2n) is 10.8. The number of aliphatic hydroxyl groups excluding tert-OH is 1. The Bertz CT molecular complexity index is 779. The smallest absolute Gasteiger partial charge is 0.311 e. The van der Waals surface area contributed by atoms with Crippen molar-refractivity contribution in [3.63, 3.8) is 0 Å². The fourth-order valence-corrected chi connectivity index (χ4v) is 3.67. The molecule has 0 aliphatic rings. The van der Waals surface area contributed by atoms with Crippen molar-refractivity contribution in [3.05, 3.63) is 34.3 Å². The lowest BCUT2D eigenvalue weighted by atomic mass is 9.90. The van der Waals surface area contributed by atoms with Gasteiger partial charge in [0.1, 0.15) is 11.3 Å². The zero-order chi connectivity index (χ0) is 26.6. The van der Waals surface area contributed by atoms with Crippen LogP contribution in [0.2, 0.25) is 0 Å². The van der Waals surface area contributed by atoms with Crippen LogP contribution in [0.25, 0.3) is 0 Å². The molecule has 0 aromatic carbocycles. The fraction of sp³-hybridized carbons (Fsp3) is 0.690. The number of carbonyl (C=O) groups is 3. The summed E-state index contributed by atoms with van der Waals surface area (Å²) in [7, 11) is 0. The van der Waals surface area contributed by atoms with Gasteiger partial charge in [-0.1, -0.05) is 67.9 Å². The van der Waals surface area contributed by atoms with Crippen LogP contribution in [-0.2, 0) is 19.1 Å². The van der Waals surface area contributed by atoms with Gasteiger partial charge < -0.3 is 9.84 Å². The van der Waals surface area contributed by atoms with E-state index in [4.69, 9.17) is 4.74 Å². The monoisotopic (exact) mass is 476 g/mol. The standard InChI is InChI=1S/C29H48O5/c1-11-12-26(32)34-29(24(22(10)30)14-13-18(2)3)27(28(33)21(8)9)25(31)17-23(15-19(4)5)16-20(6)7/h17-21,31H,11-16H2,1-10H3/b27-25+,29-24+. The molecule has 0 aliphatic heterocycles. The highest BCUT2D eigenvalue weighted by molar-refractivity contribution is 6.05. The summed E-state index contributed by atoms with van der Waals surface area (Å²) in [6, 6.07) is 0. The number of allylic oxidation sites excluding steroid dienone is 4. The van der Waals surface area contributed by atoms with E-state index in [-0.39, 0.29) is 40.7 Å². The van der Waals surface area contributed by atoms with Crippen molar-refractivity contribution in [1.82, 2.24) is 0 Å². The van der Waals surface area contributed by atoms with E-state index in [0.29, 0.717) is 37.0 Å². The van der Waals surface area contributed by atoms with Gasteiger partial charge in [0, 0.05) is 17.9 Å². The van der Waals surface area contributed by atoms with Gasteiger partial charge in [-0.25, -0.2) is 0 Å². The minimum atomic E-state index is -0.517. The van der Waals surface area contributed by atoms with E-state index in [9.17, 15) is 19.5 Å². The van der Waals surface area contributed by atoms with Crippen molar-refractivity contribution in [3.8, 4) is 0 Å². The number of hydrogen-bond donors (Lipinski definition) is 1. The van der Waals surface area contributed by atoms with E-state index in [1.165, 1.54) is 6.92 Å². The van der Waals surface area contributed by atoms with Crippen molar-refractivity contribution in [2.75, 3.05) is 0 Å². The lowest BCUT2D eigenvalue weighted by Gasteiger charge is -2.20. The minimum Gasteiger partial charge on any atom is -0.507 e. The highest BCUT2D eigenvalue weighted by Gasteiger charge is 2.29. The molecule has 0 spiro atoms. The average Bonchev–Trinajstić information content (AvgIpc) is 2.66. The molecule has 0 atom stereocenters. The van der Waals surface area contributed by atoms with Gasteiger partial charge in [0.25, 0.3) is 0 Å². The van der Waals surface area contributed by atoms with Gasteiger partial charge in [0.05, 0.1) is 0 Å². The lowest BCUT2D eigenvalue weighted by Crippen LogP contribution is -2.21. The summed E-state index contributed by atoms with van der Waals surface area (Å²) in [4.78, 5) is 38.6. The molecule has 0 saturated carbocycles. The Balaban J connectivity index is 7.18. The Labute approximate surface area is 207 Å². The first-order valence-corrected chi connectivity index (χ1v) is 12.8. The molecule has 5 nitrogen and oxygen atoms in total. The first kappa shape index (κ1) is 31.8. The number of rotatable bonds is 15. The molecule has 0 unspecified atom stereocenters. The number of hydrogen-bond acceptors (Lipinski definition) is 5. The third kappa shape index (κ3) is 11.8. The topological polar surface area (TPSA) is 80.7 Å². The summed E-state index contributed by atoms with van der Waals surface area (Å²) >= 11 is 0. The average molecular weight is 477 g/mol. The Kier molecular flexibility index (Phi) is 14.7. The van der Waals surface area contributed by atoms with Crippen LogP contribution in [-0.4, -0.2) is 22.6 Å². The van der Waals surface area contributed by atoms with Gasteiger partial charge in [-0.2, -0.15) is 0 Å². The van der Waals surface area contributed by atoms with Crippen LogP contribution in [0.3, 0.4) is 0 Å². The predicted molar refractivity (Wildman–Crippen MR) is 139 cm³/mol. The molecule has 0 saturated heterocycles. The van der Waals surface area contributed by atoms with Crippen LogP contribution in [0.1, 0.15) is 108 Å². The van der Waals surface area contributed by atoms with Crippen molar-refractivity contribution in [2.24, 2.45) is 23.7 Å². The van der Waals surface area contributed by atoms with Crippen LogP contribution in [0.5, 0.6) is 0 Å². The van der Waals surface area contributed by atoms with Gasteiger partial charge >= 0.3 is 5.97 Å². The third-order valence-corrected chi connectivity index (χ3v) is 5.28. The van der Waals surface area contributed by atoms with E-state index in [0.717, 1.165) is 18.4 Å². The summed E-state index contributed by atoms with van der Waals surface area (Å²) in [6.07, 6.45) is 4.96. The largest absolute Gasteiger partial charge is 0.507 e. The number of aliphatic hydroxyl groups is 1. The van der Waals surface area contributed by atoms with E-state index in [2.05, 4.69) is 27.7 Å². The van der Waals surface area contributed by atoms with Gasteiger partial charge in [-0.15, -0.1) is 0 Å². The zero-order valence-electron chi connectivity index (χ0n) is 23.2. The number of ether oxygens (including phenoxy) is 1. The highest BCUT2D eigenvalue weighted by atomic mass is 16.5. The Morgan fingerprint density at radius 2 is 1.38 bits per heavy atom. The Morgan fingerprint density at radius 1 is 0.853 bits per heavy atom. The quantitative estimate of drug-likeness (QED) is 0.113. The molecule has 0 aromatic heterocycles. The Hall–Kier alpha value is -2.17. The maximum atomic E-state index is 13.4. The van der Waals surface area contributed by atoms with E-state index < -0.39 is 11.9 Å². The highest BCUT2D eigenvalue weighted by Crippen LogP contribution is 2.30. The second kappa shape index (κ2) is 15.7. The SMILES string of the molecule is CCCC(=O)OC(/C(C(=O)C(C)C)=C(/O)C=C(CC(C)C)CC(C)C)=C(\CCC(C)C)C(C)=O. The van der Waals surface area contributed by atoms with Gasteiger partial charge in [0.2, 0.25) is 0 Å². The summed E-state index contributed by atoms with van der Waals surface area (Å²) in [5.74, 6) is -0.854. The van der Waals surface area contributed by atoms with Crippen molar-refractivity contribution < 1.29 is 24.2 Å². The number of esters is 1. The lowest BCUT2D eigenvalue weighted by molar-refractivity contribution is -0.139. The van der Waals surface area contributed by atoms with Crippen molar-refractivity contribution >= 4 is 17.5 Å². The number of Topliss-reactive ketones (excluding diaryl/α,β-unsaturated/α-hetero) is 2. The molecule has 0 fully saturated rings. The molecular weight excluding hydrogens is 428 g/mol. The summed E-state index contributed by atoms with van der Waals surface area (Å²) in [5.41, 5.74) is 1.22. The maximum absolute atomic E-state index is 13.4.